The highest BCUT2D eigenvalue weighted by atomic mass is 32.2. The van der Waals surface area contributed by atoms with Crippen LogP contribution < -0.4 is 4.31 Å². The molecule has 0 N–H and O–H groups in total. The number of benzene rings is 4. The highest BCUT2D eigenvalue weighted by Gasteiger charge is 2.35. The number of aromatic nitrogens is 3. The molecule has 0 saturated heterocycles. The maximum atomic E-state index is 13.3. The van der Waals surface area contributed by atoms with Crippen LogP contribution in [-0.4, -0.2) is 35.5 Å². The summed E-state index contributed by atoms with van der Waals surface area (Å²) in [6.07, 6.45) is 0. The number of anilines is 1. The highest BCUT2D eigenvalue weighted by Crippen LogP contribution is 2.42. The first-order valence-corrected chi connectivity index (χ1v) is 14.1. The number of aryl methyl sites for hydroxylation is 2. The summed E-state index contributed by atoms with van der Waals surface area (Å²) in [4.78, 5) is 0.380. The van der Waals surface area contributed by atoms with E-state index in [0.717, 1.165) is 38.7 Å². The van der Waals surface area contributed by atoms with Crippen molar-refractivity contribution in [2.24, 2.45) is 0 Å². The van der Waals surface area contributed by atoms with Gasteiger partial charge in [-0.25, -0.2) is 8.42 Å². The summed E-state index contributed by atoms with van der Waals surface area (Å²) in [5.74, 6) is 1.29. The highest BCUT2D eigenvalue weighted by molar-refractivity contribution is 7.99. The summed E-state index contributed by atoms with van der Waals surface area (Å²) in [5.41, 5.74) is 5.10. The summed E-state index contributed by atoms with van der Waals surface area (Å²) in [5, 5.41) is 11.5. The SMILES string of the molecule is Cc1ccc(-n2c(SCCN3c4cccc5cccc(c45)S3(=O)=O)nnc2-c2ccccc2)cc1C. The second-order valence-electron chi connectivity index (χ2n) is 8.83. The third-order valence-electron chi connectivity index (χ3n) is 6.62. The third kappa shape index (κ3) is 3.68. The minimum atomic E-state index is -3.59. The van der Waals surface area contributed by atoms with Crippen molar-refractivity contribution in [2.75, 3.05) is 16.6 Å². The van der Waals surface area contributed by atoms with Gasteiger partial charge in [-0.1, -0.05) is 72.4 Å². The first kappa shape index (κ1) is 22.8. The van der Waals surface area contributed by atoms with Crippen molar-refractivity contribution >= 4 is 38.2 Å². The van der Waals surface area contributed by atoms with Gasteiger partial charge in [0.05, 0.1) is 16.3 Å². The van der Waals surface area contributed by atoms with Crippen LogP contribution in [0.4, 0.5) is 5.69 Å². The van der Waals surface area contributed by atoms with Crippen LogP contribution >= 0.6 is 11.8 Å². The minimum Gasteiger partial charge on any atom is -0.270 e. The lowest BCUT2D eigenvalue weighted by atomic mass is 10.1. The van der Waals surface area contributed by atoms with Crippen LogP contribution in [0.2, 0.25) is 0 Å². The van der Waals surface area contributed by atoms with E-state index in [-0.39, 0.29) is 0 Å². The Balaban J connectivity index is 1.33. The van der Waals surface area contributed by atoms with Crippen molar-refractivity contribution in [3.05, 3.63) is 96.1 Å². The fourth-order valence-electron chi connectivity index (χ4n) is 4.65. The van der Waals surface area contributed by atoms with Gasteiger partial charge in [0.1, 0.15) is 0 Å². The lowest BCUT2D eigenvalue weighted by Gasteiger charge is -2.18. The molecule has 6 nitrogen and oxygen atoms in total. The first-order chi connectivity index (χ1) is 17.4. The molecule has 0 fully saturated rings. The van der Waals surface area contributed by atoms with Crippen molar-refractivity contribution in [2.45, 2.75) is 23.9 Å². The van der Waals surface area contributed by atoms with Crippen LogP contribution in [0.5, 0.6) is 0 Å². The van der Waals surface area contributed by atoms with Gasteiger partial charge in [-0.15, -0.1) is 10.2 Å². The molecule has 0 spiro atoms. The van der Waals surface area contributed by atoms with Crippen molar-refractivity contribution in [3.63, 3.8) is 0 Å². The average molecular weight is 513 g/mol. The Labute approximate surface area is 214 Å². The summed E-state index contributed by atoms with van der Waals surface area (Å²) < 4.78 is 30.3. The van der Waals surface area contributed by atoms with E-state index in [1.54, 1.807) is 12.1 Å². The van der Waals surface area contributed by atoms with Gasteiger partial charge in [0, 0.05) is 23.2 Å². The van der Waals surface area contributed by atoms with Crippen LogP contribution in [-0.2, 0) is 10.0 Å². The molecular formula is C28H24N4O2S2. The first-order valence-electron chi connectivity index (χ1n) is 11.7. The van der Waals surface area contributed by atoms with Gasteiger partial charge in [0.15, 0.2) is 11.0 Å². The predicted octanol–water partition coefficient (Wildman–Crippen LogP) is 6.01. The molecular weight excluding hydrogens is 488 g/mol. The van der Waals surface area contributed by atoms with Gasteiger partial charge in [0.25, 0.3) is 10.0 Å². The quantitative estimate of drug-likeness (QED) is 0.261. The fraction of sp³-hybridized carbons (Fsp3) is 0.143. The smallest absolute Gasteiger partial charge is 0.265 e. The molecule has 36 heavy (non-hydrogen) atoms. The Bertz CT molecular complexity index is 1710. The zero-order valence-corrected chi connectivity index (χ0v) is 21.6. The number of sulfonamides is 1. The lowest BCUT2D eigenvalue weighted by molar-refractivity contribution is 0.595. The molecule has 0 aliphatic carbocycles. The molecule has 2 heterocycles. The summed E-state index contributed by atoms with van der Waals surface area (Å²) in [6, 6.07) is 27.5. The van der Waals surface area contributed by atoms with Crippen LogP contribution in [0.1, 0.15) is 11.1 Å². The number of hydrogen-bond acceptors (Lipinski definition) is 5. The van der Waals surface area contributed by atoms with E-state index in [1.807, 2.05) is 54.6 Å². The standard InChI is InChI=1S/C28H24N4O2S2/c1-19-14-15-23(18-20(19)2)32-27(22-8-4-3-5-9-22)29-30-28(32)35-17-16-31-24-12-6-10-21-11-7-13-25(26(21)24)36(31,33)34/h3-15,18H,16-17H2,1-2H3. The van der Waals surface area contributed by atoms with E-state index in [1.165, 1.54) is 27.2 Å². The average Bonchev–Trinajstić information content (AvgIpc) is 3.40. The Kier molecular flexibility index (Phi) is 5.58. The molecule has 0 radical (unpaired) electrons. The van der Waals surface area contributed by atoms with Gasteiger partial charge >= 0.3 is 0 Å². The van der Waals surface area contributed by atoms with Crippen molar-refractivity contribution in [1.29, 1.82) is 0 Å². The molecule has 1 aliphatic rings. The van der Waals surface area contributed by atoms with Crippen molar-refractivity contribution < 1.29 is 8.42 Å². The van der Waals surface area contributed by atoms with Crippen LogP contribution in [0.3, 0.4) is 0 Å². The molecule has 1 aromatic heterocycles. The molecule has 0 amide bonds. The van der Waals surface area contributed by atoms with Crippen LogP contribution in [0.25, 0.3) is 27.8 Å². The minimum absolute atomic E-state index is 0.335. The Hall–Kier alpha value is -3.62. The third-order valence-corrected chi connectivity index (χ3v) is 9.39. The normalized spacial score (nSPS) is 14.0. The van der Waals surface area contributed by atoms with Gasteiger partial charge in [-0.3, -0.25) is 8.87 Å². The number of nitrogens with zero attached hydrogens (tertiary/aromatic N) is 4. The number of thioether (sulfide) groups is 1. The second kappa shape index (κ2) is 8.80. The Morgan fingerprint density at radius 2 is 1.61 bits per heavy atom. The van der Waals surface area contributed by atoms with Crippen molar-refractivity contribution in [3.8, 4) is 17.1 Å². The van der Waals surface area contributed by atoms with E-state index < -0.39 is 10.0 Å². The van der Waals surface area contributed by atoms with E-state index in [2.05, 4.69) is 46.8 Å². The summed E-state index contributed by atoms with van der Waals surface area (Å²) in [6.45, 7) is 4.52. The molecule has 4 aromatic carbocycles. The second-order valence-corrected chi connectivity index (χ2v) is 11.7. The summed E-state index contributed by atoms with van der Waals surface area (Å²) in [7, 11) is -3.59. The molecule has 0 atom stereocenters. The van der Waals surface area contributed by atoms with Gasteiger partial charge in [-0.2, -0.15) is 0 Å². The molecule has 180 valence electrons. The Morgan fingerprint density at radius 3 is 2.39 bits per heavy atom. The molecule has 5 aromatic rings. The maximum absolute atomic E-state index is 13.3. The van der Waals surface area contributed by atoms with Gasteiger partial charge in [0.2, 0.25) is 0 Å². The van der Waals surface area contributed by atoms with Crippen LogP contribution in [0, 0.1) is 13.8 Å². The molecule has 0 unspecified atom stereocenters. The largest absolute Gasteiger partial charge is 0.270 e. The van der Waals surface area contributed by atoms with Gasteiger partial charge < -0.3 is 0 Å². The van der Waals surface area contributed by atoms with Crippen molar-refractivity contribution in [1.82, 2.24) is 14.8 Å². The lowest BCUT2D eigenvalue weighted by Crippen LogP contribution is -2.29. The van der Waals surface area contributed by atoms with E-state index in [0.29, 0.717) is 17.2 Å². The predicted molar refractivity (Wildman–Crippen MR) is 145 cm³/mol. The monoisotopic (exact) mass is 512 g/mol. The molecule has 0 bridgehead atoms. The zero-order valence-electron chi connectivity index (χ0n) is 19.9. The molecule has 8 heteroatoms. The van der Waals surface area contributed by atoms with Gasteiger partial charge in [-0.05, 0) is 54.6 Å². The maximum Gasteiger partial charge on any atom is 0.265 e. The zero-order chi connectivity index (χ0) is 24.9. The van der Waals surface area contributed by atoms with E-state index >= 15 is 0 Å². The number of rotatable bonds is 6. The van der Waals surface area contributed by atoms with Crippen LogP contribution in [0.15, 0.2) is 95.0 Å². The van der Waals surface area contributed by atoms with E-state index in [4.69, 9.17) is 0 Å². The fourth-order valence-corrected chi connectivity index (χ4v) is 7.36. The molecule has 6 rings (SSSR count). The Morgan fingerprint density at radius 1 is 0.833 bits per heavy atom. The topological polar surface area (TPSA) is 68.1 Å². The molecule has 1 aliphatic heterocycles. The number of hydrogen-bond donors (Lipinski definition) is 0. The molecule has 0 saturated carbocycles. The summed E-state index contributed by atoms with van der Waals surface area (Å²) >= 11 is 1.51. The van der Waals surface area contributed by atoms with E-state index in [9.17, 15) is 8.42 Å².